The molecule has 23 heavy (non-hydrogen) atoms. The first-order valence-corrected chi connectivity index (χ1v) is 8.26. The van der Waals surface area contributed by atoms with Crippen LogP contribution in [0.4, 0.5) is 0 Å². The maximum atomic E-state index is 12.4. The summed E-state index contributed by atoms with van der Waals surface area (Å²) in [5.74, 6) is -0.963. The third-order valence-corrected chi connectivity index (χ3v) is 4.77. The minimum atomic E-state index is -0.732. The van der Waals surface area contributed by atoms with Gasteiger partial charge in [-0.3, -0.25) is 14.6 Å². The van der Waals surface area contributed by atoms with E-state index in [1.807, 2.05) is 0 Å². The van der Waals surface area contributed by atoms with Crippen LogP contribution in [0, 0.1) is 5.92 Å². The molecule has 122 valence electrons. The van der Waals surface area contributed by atoms with Gasteiger partial charge in [-0.2, -0.15) is 0 Å². The van der Waals surface area contributed by atoms with E-state index < -0.39 is 5.92 Å². The van der Waals surface area contributed by atoms with Gasteiger partial charge in [0, 0.05) is 30.2 Å². The molecule has 0 bridgehead atoms. The summed E-state index contributed by atoms with van der Waals surface area (Å²) in [4.78, 5) is 29.5. The normalized spacial score (nSPS) is 24.3. The smallest absolute Gasteiger partial charge is 0.179 e. The molecular formula is C19H25N2O2+. The largest absolute Gasteiger partial charge is 0.337 e. The Morgan fingerprint density at radius 1 is 1.00 bits per heavy atom. The molecule has 1 heterocycles. The van der Waals surface area contributed by atoms with Crippen LogP contribution in [0.5, 0.6) is 0 Å². The number of benzene rings is 1. The number of carbonyl (C=O) groups is 2. The van der Waals surface area contributed by atoms with Crippen molar-refractivity contribution in [1.29, 1.82) is 0 Å². The summed E-state index contributed by atoms with van der Waals surface area (Å²) in [5.41, 5.74) is 1.31. The van der Waals surface area contributed by atoms with Crippen LogP contribution in [-0.2, 0) is 0 Å². The number of aliphatic imine (C=N–C) groups is 1. The molecule has 1 fully saturated rings. The number of hydrogen-bond acceptors (Lipinski definition) is 3. The summed E-state index contributed by atoms with van der Waals surface area (Å²) in [6, 6.07) is 7.21. The summed E-state index contributed by atoms with van der Waals surface area (Å²) >= 11 is 0. The number of rotatable bonds is 2. The molecule has 1 aromatic rings. The zero-order chi connectivity index (χ0) is 16.8. The maximum absolute atomic E-state index is 12.4. The van der Waals surface area contributed by atoms with Crippen molar-refractivity contribution in [3.63, 3.8) is 0 Å². The molecule has 1 aromatic carbocycles. The number of fused-ring (bicyclic) bond motifs is 1. The Morgan fingerprint density at radius 2 is 1.48 bits per heavy atom. The predicted octanol–water partition coefficient (Wildman–Crippen LogP) is 2.04. The number of carbonyl (C=O) groups excluding carboxylic acids is 2. The third-order valence-electron chi connectivity index (χ3n) is 4.77. The van der Waals surface area contributed by atoms with E-state index in [9.17, 15) is 9.59 Å². The van der Waals surface area contributed by atoms with Crippen molar-refractivity contribution in [3.8, 4) is 0 Å². The van der Waals surface area contributed by atoms with Crippen molar-refractivity contribution in [2.75, 3.05) is 0 Å². The van der Waals surface area contributed by atoms with E-state index in [2.05, 4.69) is 38.0 Å². The van der Waals surface area contributed by atoms with Gasteiger partial charge in [0.05, 0.1) is 17.1 Å². The fraction of sp³-hybridized carbons (Fsp3) is 0.526. The number of piperidine rings is 1. The lowest BCUT2D eigenvalue weighted by molar-refractivity contribution is -0.787. The fourth-order valence-corrected chi connectivity index (χ4v) is 4.28. The first-order valence-electron chi connectivity index (χ1n) is 8.26. The molecule has 2 N–H and O–H groups in total. The lowest BCUT2D eigenvalue weighted by Crippen LogP contribution is -3.05. The summed E-state index contributed by atoms with van der Waals surface area (Å²) < 4.78 is 0. The van der Waals surface area contributed by atoms with Gasteiger partial charge in [0.15, 0.2) is 11.6 Å². The fourth-order valence-electron chi connectivity index (χ4n) is 4.28. The van der Waals surface area contributed by atoms with Gasteiger partial charge in [0.2, 0.25) is 0 Å². The summed E-state index contributed by atoms with van der Waals surface area (Å²) in [6.07, 6.45) is 3.51. The van der Waals surface area contributed by atoms with E-state index in [1.165, 1.54) is 0 Å². The Bertz CT molecular complexity index is 637. The topological polar surface area (TPSA) is 63.1 Å². The Balaban J connectivity index is 1.79. The molecule has 0 spiro atoms. The molecule has 0 aromatic heterocycles. The summed E-state index contributed by atoms with van der Waals surface area (Å²) in [7, 11) is 0. The molecule has 0 amide bonds. The van der Waals surface area contributed by atoms with E-state index in [0.717, 1.165) is 12.8 Å². The zero-order valence-electron chi connectivity index (χ0n) is 14.3. The van der Waals surface area contributed by atoms with Crippen LogP contribution in [0.2, 0.25) is 0 Å². The number of nitrogens with two attached hydrogens (primary N) is 1. The van der Waals surface area contributed by atoms with Crippen LogP contribution in [0.15, 0.2) is 29.3 Å². The average molecular weight is 313 g/mol. The molecule has 1 aliphatic heterocycles. The minimum absolute atomic E-state index is 0.116. The van der Waals surface area contributed by atoms with Gasteiger partial charge in [-0.25, -0.2) is 0 Å². The van der Waals surface area contributed by atoms with Gasteiger partial charge >= 0.3 is 0 Å². The lowest BCUT2D eigenvalue weighted by atomic mass is 9.80. The Hall–Kier alpha value is -1.81. The van der Waals surface area contributed by atoms with Crippen molar-refractivity contribution < 1.29 is 14.9 Å². The molecule has 0 atom stereocenters. The number of Topliss-reactive ketones (excluding diaryl/α,β-unsaturated/α-hetero) is 2. The van der Waals surface area contributed by atoms with Crippen LogP contribution in [0.1, 0.15) is 61.3 Å². The summed E-state index contributed by atoms with van der Waals surface area (Å²) in [6.45, 7) is 8.88. The average Bonchev–Trinajstić information content (AvgIpc) is 2.66. The van der Waals surface area contributed by atoms with Crippen LogP contribution >= 0.6 is 0 Å². The van der Waals surface area contributed by atoms with Crippen molar-refractivity contribution in [3.05, 3.63) is 35.4 Å². The van der Waals surface area contributed by atoms with Gasteiger partial charge in [-0.05, 0) is 27.7 Å². The second-order valence-electron chi connectivity index (χ2n) is 8.23. The highest BCUT2D eigenvalue weighted by atomic mass is 16.2. The second-order valence-corrected chi connectivity index (χ2v) is 8.23. The van der Waals surface area contributed by atoms with E-state index >= 15 is 0 Å². The Kier molecular flexibility index (Phi) is 3.75. The molecular weight excluding hydrogens is 288 g/mol. The third kappa shape index (κ3) is 3.13. The Labute approximate surface area is 137 Å². The van der Waals surface area contributed by atoms with Crippen molar-refractivity contribution >= 4 is 17.8 Å². The molecule has 0 radical (unpaired) electrons. The molecule has 0 unspecified atom stereocenters. The quantitative estimate of drug-likeness (QED) is 0.671. The summed E-state index contributed by atoms with van der Waals surface area (Å²) in [5, 5.41) is 2.40. The molecule has 1 saturated heterocycles. The highest BCUT2D eigenvalue weighted by Gasteiger charge is 2.42. The molecule has 3 rings (SSSR count). The highest BCUT2D eigenvalue weighted by molar-refractivity contribution is 6.33. The SMILES string of the molecule is CC1(C)CC(N=CC2C(=O)c3ccccc3C2=O)CC(C)(C)[NH2+]1. The van der Waals surface area contributed by atoms with Crippen molar-refractivity contribution in [1.82, 2.24) is 0 Å². The van der Waals surface area contributed by atoms with E-state index in [-0.39, 0.29) is 28.7 Å². The molecule has 4 heteroatoms. The minimum Gasteiger partial charge on any atom is -0.337 e. The van der Waals surface area contributed by atoms with Crippen LogP contribution in [-0.4, -0.2) is 34.9 Å². The van der Waals surface area contributed by atoms with Gasteiger partial charge in [0.1, 0.15) is 5.92 Å². The lowest BCUT2D eigenvalue weighted by Gasteiger charge is -2.41. The molecule has 4 nitrogen and oxygen atoms in total. The monoisotopic (exact) mass is 313 g/mol. The standard InChI is InChI=1S/C19H24N2O2/c1-18(2)9-12(10-19(3,4)21-18)20-11-15-16(22)13-7-5-6-8-14(13)17(15)23/h5-8,11-12,15,21H,9-10H2,1-4H3/p+1. The Morgan fingerprint density at radius 3 is 1.96 bits per heavy atom. The van der Waals surface area contributed by atoms with Gasteiger partial charge in [0.25, 0.3) is 0 Å². The van der Waals surface area contributed by atoms with Gasteiger partial charge in [-0.1, -0.05) is 24.3 Å². The van der Waals surface area contributed by atoms with Crippen LogP contribution in [0.25, 0.3) is 0 Å². The van der Waals surface area contributed by atoms with Crippen molar-refractivity contribution in [2.45, 2.75) is 57.7 Å². The van der Waals surface area contributed by atoms with E-state index in [1.54, 1.807) is 30.5 Å². The number of hydrogen-bond donors (Lipinski definition) is 1. The first-order chi connectivity index (χ1) is 10.7. The maximum Gasteiger partial charge on any atom is 0.179 e. The molecule has 2 aliphatic rings. The van der Waals surface area contributed by atoms with Gasteiger partial charge < -0.3 is 5.32 Å². The van der Waals surface area contributed by atoms with Crippen molar-refractivity contribution in [2.24, 2.45) is 10.9 Å². The second kappa shape index (κ2) is 5.38. The number of quaternary nitrogens is 1. The number of ketones is 2. The van der Waals surface area contributed by atoms with Crippen LogP contribution < -0.4 is 5.32 Å². The predicted molar refractivity (Wildman–Crippen MR) is 90.2 cm³/mol. The first kappa shape index (κ1) is 16.1. The van der Waals surface area contributed by atoms with E-state index in [4.69, 9.17) is 0 Å². The van der Waals surface area contributed by atoms with Crippen LogP contribution in [0.3, 0.4) is 0 Å². The molecule has 1 aliphatic carbocycles. The zero-order valence-corrected chi connectivity index (χ0v) is 14.3. The van der Waals surface area contributed by atoms with E-state index in [0.29, 0.717) is 11.1 Å². The molecule has 0 saturated carbocycles. The highest BCUT2D eigenvalue weighted by Crippen LogP contribution is 2.27. The van der Waals surface area contributed by atoms with Gasteiger partial charge in [-0.15, -0.1) is 0 Å². The number of nitrogens with zero attached hydrogens (tertiary/aromatic N) is 1.